The van der Waals surface area contributed by atoms with Crippen molar-refractivity contribution in [3.8, 4) is 17.0 Å². The SMILES string of the molecule is Cn1nnc(-c2ccc(O[Si](C)(C)C(C)(C)C)cc2)c1C=O. The molecule has 118 valence electrons. The minimum absolute atomic E-state index is 0.154. The molecule has 5 nitrogen and oxygen atoms in total. The molecular formula is C16H23N3O2Si. The highest BCUT2D eigenvalue weighted by Gasteiger charge is 2.38. The summed E-state index contributed by atoms with van der Waals surface area (Å²) in [6.45, 7) is 11.1. The first-order chi connectivity index (χ1) is 10.2. The lowest BCUT2D eigenvalue weighted by Gasteiger charge is -2.36. The molecule has 0 radical (unpaired) electrons. The van der Waals surface area contributed by atoms with Gasteiger partial charge in [-0.25, -0.2) is 4.68 Å². The Morgan fingerprint density at radius 3 is 2.27 bits per heavy atom. The van der Waals surface area contributed by atoms with Gasteiger partial charge in [0.25, 0.3) is 0 Å². The second kappa shape index (κ2) is 5.68. The van der Waals surface area contributed by atoms with Crippen LogP contribution in [0, 0.1) is 0 Å². The van der Waals surface area contributed by atoms with E-state index in [1.807, 2.05) is 24.3 Å². The molecule has 2 rings (SSSR count). The predicted molar refractivity (Wildman–Crippen MR) is 89.7 cm³/mol. The van der Waals surface area contributed by atoms with Crippen LogP contribution in [0.25, 0.3) is 11.3 Å². The van der Waals surface area contributed by atoms with Crippen molar-refractivity contribution in [3.05, 3.63) is 30.0 Å². The number of aldehydes is 1. The number of carbonyl (C=O) groups is 1. The lowest BCUT2D eigenvalue weighted by atomic mass is 10.1. The molecule has 6 heteroatoms. The highest BCUT2D eigenvalue weighted by atomic mass is 28.4. The Balaban J connectivity index is 2.26. The average Bonchev–Trinajstić information content (AvgIpc) is 2.79. The van der Waals surface area contributed by atoms with Crippen LogP contribution in [0.2, 0.25) is 18.1 Å². The summed E-state index contributed by atoms with van der Waals surface area (Å²) in [5.74, 6) is 0.854. The monoisotopic (exact) mass is 317 g/mol. The standard InChI is InChI=1S/C16H23N3O2Si/c1-16(2,3)22(5,6)21-13-9-7-12(8-10-13)15-14(11-20)19(4)18-17-15/h7-11H,1-6H3. The van der Waals surface area contributed by atoms with Gasteiger partial charge in [0, 0.05) is 12.6 Å². The van der Waals surface area contributed by atoms with E-state index in [2.05, 4.69) is 44.2 Å². The summed E-state index contributed by atoms with van der Waals surface area (Å²) in [4.78, 5) is 11.1. The van der Waals surface area contributed by atoms with Gasteiger partial charge in [-0.3, -0.25) is 4.79 Å². The zero-order chi connectivity index (χ0) is 16.5. The lowest BCUT2D eigenvalue weighted by Crippen LogP contribution is -2.43. The topological polar surface area (TPSA) is 57.0 Å². The number of hydrogen-bond acceptors (Lipinski definition) is 4. The van der Waals surface area contributed by atoms with Crippen LogP contribution in [0.4, 0.5) is 0 Å². The van der Waals surface area contributed by atoms with Gasteiger partial charge in [-0.1, -0.05) is 26.0 Å². The van der Waals surface area contributed by atoms with Crippen molar-refractivity contribution in [1.82, 2.24) is 15.0 Å². The molecule has 0 amide bonds. The number of aryl methyl sites for hydroxylation is 1. The highest BCUT2D eigenvalue weighted by molar-refractivity contribution is 6.74. The Labute approximate surface area is 132 Å². The van der Waals surface area contributed by atoms with E-state index in [1.165, 1.54) is 4.68 Å². The molecule has 0 spiro atoms. The van der Waals surface area contributed by atoms with E-state index in [4.69, 9.17) is 4.43 Å². The van der Waals surface area contributed by atoms with Crippen molar-refractivity contribution in [2.24, 2.45) is 7.05 Å². The zero-order valence-corrected chi connectivity index (χ0v) is 15.0. The minimum atomic E-state index is -1.84. The maximum atomic E-state index is 11.1. The van der Waals surface area contributed by atoms with Gasteiger partial charge in [0.2, 0.25) is 8.32 Å². The highest BCUT2D eigenvalue weighted by Crippen LogP contribution is 2.37. The molecule has 0 unspecified atom stereocenters. The van der Waals surface area contributed by atoms with Gasteiger partial charge in [0.15, 0.2) is 6.29 Å². The number of rotatable bonds is 4. The molecule has 0 aliphatic carbocycles. The normalized spacial score (nSPS) is 12.3. The first kappa shape index (κ1) is 16.4. The van der Waals surface area contributed by atoms with Gasteiger partial charge < -0.3 is 4.43 Å². The van der Waals surface area contributed by atoms with Gasteiger partial charge in [-0.05, 0) is 42.4 Å². The number of hydrogen-bond donors (Lipinski definition) is 0. The van der Waals surface area contributed by atoms with Gasteiger partial charge in [-0.2, -0.15) is 0 Å². The number of nitrogens with zero attached hydrogens (tertiary/aromatic N) is 3. The third-order valence-electron chi connectivity index (χ3n) is 4.29. The largest absolute Gasteiger partial charge is 0.544 e. The number of benzene rings is 1. The maximum absolute atomic E-state index is 11.1. The van der Waals surface area contributed by atoms with Crippen LogP contribution in [0.15, 0.2) is 24.3 Å². The summed E-state index contributed by atoms with van der Waals surface area (Å²) in [5.41, 5.74) is 1.92. The summed E-state index contributed by atoms with van der Waals surface area (Å²) in [6, 6.07) is 7.69. The minimum Gasteiger partial charge on any atom is -0.544 e. The van der Waals surface area contributed by atoms with Crippen LogP contribution >= 0.6 is 0 Å². The Kier molecular flexibility index (Phi) is 4.24. The van der Waals surface area contributed by atoms with E-state index in [0.717, 1.165) is 17.6 Å². The van der Waals surface area contributed by atoms with Crippen molar-refractivity contribution in [3.63, 3.8) is 0 Å². The predicted octanol–water partition coefficient (Wildman–Crippen LogP) is 3.68. The van der Waals surface area contributed by atoms with Crippen molar-refractivity contribution < 1.29 is 9.22 Å². The van der Waals surface area contributed by atoms with E-state index < -0.39 is 8.32 Å². The molecule has 1 heterocycles. The molecule has 1 aromatic carbocycles. The van der Waals surface area contributed by atoms with Gasteiger partial charge in [0.1, 0.15) is 17.1 Å². The molecule has 0 N–H and O–H groups in total. The maximum Gasteiger partial charge on any atom is 0.250 e. The summed E-state index contributed by atoms with van der Waals surface area (Å²) in [7, 11) is -0.141. The average molecular weight is 317 g/mol. The smallest absolute Gasteiger partial charge is 0.250 e. The third kappa shape index (κ3) is 3.11. The molecule has 0 saturated heterocycles. The van der Waals surface area contributed by atoms with Crippen LogP contribution < -0.4 is 4.43 Å². The van der Waals surface area contributed by atoms with E-state index in [9.17, 15) is 4.79 Å². The first-order valence-electron chi connectivity index (χ1n) is 7.30. The van der Waals surface area contributed by atoms with Gasteiger partial charge in [-0.15, -0.1) is 5.10 Å². The zero-order valence-electron chi connectivity index (χ0n) is 14.0. The van der Waals surface area contributed by atoms with E-state index in [1.54, 1.807) is 7.05 Å². The fourth-order valence-corrected chi connectivity index (χ4v) is 2.86. The van der Waals surface area contributed by atoms with Gasteiger partial charge >= 0.3 is 0 Å². The van der Waals surface area contributed by atoms with E-state index in [-0.39, 0.29) is 5.04 Å². The molecule has 0 bridgehead atoms. The molecule has 2 aromatic rings. The van der Waals surface area contributed by atoms with E-state index >= 15 is 0 Å². The molecule has 0 aliphatic rings. The van der Waals surface area contributed by atoms with Crippen molar-refractivity contribution in [2.75, 3.05) is 0 Å². The third-order valence-corrected chi connectivity index (χ3v) is 8.65. The summed E-state index contributed by atoms with van der Waals surface area (Å²) >= 11 is 0. The van der Waals surface area contributed by atoms with Crippen molar-refractivity contribution in [1.29, 1.82) is 0 Å². The summed E-state index contributed by atoms with van der Waals surface area (Å²) < 4.78 is 7.72. The number of carbonyl (C=O) groups excluding carboxylic acids is 1. The lowest BCUT2D eigenvalue weighted by molar-refractivity contribution is 0.111. The van der Waals surface area contributed by atoms with Crippen LogP contribution in [-0.2, 0) is 7.05 Å². The molecule has 0 atom stereocenters. The molecular weight excluding hydrogens is 294 g/mol. The van der Waals surface area contributed by atoms with Crippen molar-refractivity contribution in [2.45, 2.75) is 38.9 Å². The Morgan fingerprint density at radius 1 is 1.18 bits per heavy atom. The van der Waals surface area contributed by atoms with Crippen LogP contribution in [0.3, 0.4) is 0 Å². The first-order valence-corrected chi connectivity index (χ1v) is 10.2. The summed E-state index contributed by atoms with van der Waals surface area (Å²) in [5, 5.41) is 8.09. The Hall–Kier alpha value is -1.95. The second-order valence-corrected chi connectivity index (χ2v) is 11.7. The fourth-order valence-electron chi connectivity index (χ4n) is 1.83. The molecule has 0 aliphatic heterocycles. The number of aromatic nitrogens is 3. The van der Waals surface area contributed by atoms with Gasteiger partial charge in [0.05, 0.1) is 0 Å². The fraction of sp³-hybridized carbons (Fsp3) is 0.438. The van der Waals surface area contributed by atoms with Crippen LogP contribution in [-0.4, -0.2) is 29.6 Å². The molecule has 0 saturated carbocycles. The van der Waals surface area contributed by atoms with E-state index in [0.29, 0.717) is 11.4 Å². The second-order valence-electron chi connectivity index (χ2n) is 6.95. The Bertz CT molecular complexity index is 670. The Morgan fingerprint density at radius 2 is 1.77 bits per heavy atom. The summed E-state index contributed by atoms with van der Waals surface area (Å²) in [6.07, 6.45) is 0.773. The molecule has 22 heavy (non-hydrogen) atoms. The molecule has 0 fully saturated rings. The van der Waals surface area contributed by atoms with Crippen molar-refractivity contribution >= 4 is 14.6 Å². The quantitative estimate of drug-likeness (QED) is 0.637. The molecule has 1 aromatic heterocycles. The van der Waals surface area contributed by atoms with Crippen LogP contribution in [0.1, 0.15) is 31.3 Å². The van der Waals surface area contributed by atoms with Crippen LogP contribution in [0.5, 0.6) is 5.75 Å².